The molecule has 2 N–H and O–H groups in total. The lowest BCUT2D eigenvalue weighted by Crippen LogP contribution is -2.41. The van der Waals surface area contributed by atoms with E-state index in [9.17, 15) is 9.59 Å². The molecule has 0 atom stereocenters. The molecule has 0 aliphatic rings. The van der Waals surface area contributed by atoms with Gasteiger partial charge in [0.15, 0.2) is 5.82 Å². The average molecular weight is 601 g/mol. The highest BCUT2D eigenvalue weighted by atomic mass is 16.5. The van der Waals surface area contributed by atoms with Gasteiger partial charge in [-0.25, -0.2) is 9.97 Å². The molecule has 0 saturated carbocycles. The molecule has 0 fully saturated rings. The van der Waals surface area contributed by atoms with Gasteiger partial charge in [-0.3, -0.25) is 14.5 Å². The number of methoxy groups -OCH3 is 1. The minimum absolute atomic E-state index is 0.117. The van der Waals surface area contributed by atoms with Crippen LogP contribution in [0.1, 0.15) is 69.8 Å². The first-order valence-electron chi connectivity index (χ1n) is 16.1. The number of unbranched alkanes of at least 4 members (excludes halogenated alkanes) is 1. The van der Waals surface area contributed by atoms with Crippen molar-refractivity contribution in [3.63, 3.8) is 0 Å². The first-order valence-corrected chi connectivity index (χ1v) is 16.1. The molecule has 0 unspecified atom stereocenters. The minimum Gasteiger partial charge on any atom is -0.469 e. The maximum absolute atomic E-state index is 13.8. The SMILES string of the molecule is CCCCc1nc2c(N)nc3ccccc3c2n1CCCN(Cc1cccc(CC(=O)OC)c1)C(=O)CN(CCC)CCC. The maximum atomic E-state index is 13.8. The van der Waals surface area contributed by atoms with Crippen molar-refractivity contribution < 1.29 is 14.3 Å². The normalized spacial score (nSPS) is 11.5. The molecule has 0 aliphatic carbocycles. The lowest BCUT2D eigenvalue weighted by Gasteiger charge is -2.28. The molecule has 9 nitrogen and oxygen atoms in total. The zero-order valence-corrected chi connectivity index (χ0v) is 26.8. The third kappa shape index (κ3) is 8.34. The van der Waals surface area contributed by atoms with Gasteiger partial charge in [-0.2, -0.15) is 0 Å². The molecule has 2 heterocycles. The molecule has 9 heteroatoms. The molecule has 2 aromatic heterocycles. The van der Waals surface area contributed by atoms with E-state index < -0.39 is 0 Å². The number of imidazole rings is 1. The number of ether oxygens (including phenoxy) is 1. The predicted octanol–water partition coefficient (Wildman–Crippen LogP) is 5.77. The smallest absolute Gasteiger partial charge is 0.309 e. The van der Waals surface area contributed by atoms with Crippen LogP contribution in [-0.4, -0.2) is 69.5 Å². The largest absolute Gasteiger partial charge is 0.469 e. The van der Waals surface area contributed by atoms with E-state index >= 15 is 0 Å². The Labute approximate surface area is 261 Å². The molecule has 0 radical (unpaired) electrons. The molecule has 0 aliphatic heterocycles. The molecule has 0 saturated heterocycles. The van der Waals surface area contributed by atoms with Crippen molar-refractivity contribution in [3.05, 3.63) is 65.5 Å². The van der Waals surface area contributed by atoms with Crippen LogP contribution < -0.4 is 5.73 Å². The number of hydrogen-bond acceptors (Lipinski definition) is 7. The molecule has 1 amide bonds. The van der Waals surface area contributed by atoms with E-state index in [4.69, 9.17) is 15.5 Å². The Balaban J connectivity index is 1.61. The number of carbonyl (C=O) groups excluding carboxylic acids is 2. The molecule has 236 valence electrons. The maximum Gasteiger partial charge on any atom is 0.309 e. The van der Waals surface area contributed by atoms with Crippen LogP contribution in [0.2, 0.25) is 0 Å². The lowest BCUT2D eigenvalue weighted by atomic mass is 10.1. The Kier molecular flexibility index (Phi) is 12.1. The molecular weight excluding hydrogens is 552 g/mol. The molecular formula is C35H48N6O3. The van der Waals surface area contributed by atoms with Gasteiger partial charge >= 0.3 is 5.97 Å². The van der Waals surface area contributed by atoms with Crippen LogP contribution in [0.3, 0.4) is 0 Å². The standard InChI is InChI=1S/C35H48N6O3/c1-5-8-17-30-38-33-34(28-15-9-10-16-29(28)37-35(33)36)41(30)21-12-20-40(31(42)25-39(18-6-2)19-7-3)24-27-14-11-13-26(22-27)23-32(43)44-4/h9-11,13-16,22H,5-8,12,17-21,23-25H2,1-4H3,(H2,36,37). The predicted molar refractivity (Wildman–Crippen MR) is 177 cm³/mol. The number of anilines is 1. The van der Waals surface area contributed by atoms with Crippen molar-refractivity contribution in [1.82, 2.24) is 24.3 Å². The monoisotopic (exact) mass is 600 g/mol. The van der Waals surface area contributed by atoms with Gasteiger partial charge < -0.3 is 19.9 Å². The Morgan fingerprint density at radius 1 is 0.909 bits per heavy atom. The number of rotatable bonds is 17. The van der Waals surface area contributed by atoms with Gasteiger partial charge in [0, 0.05) is 31.4 Å². The average Bonchev–Trinajstić information content (AvgIpc) is 3.39. The number of nitrogens with zero attached hydrogens (tertiary/aromatic N) is 5. The number of benzene rings is 2. The Bertz CT molecular complexity index is 1540. The van der Waals surface area contributed by atoms with E-state index in [-0.39, 0.29) is 18.3 Å². The first-order chi connectivity index (χ1) is 21.4. The number of aromatic nitrogens is 3. The van der Waals surface area contributed by atoms with Gasteiger partial charge in [0.05, 0.1) is 31.1 Å². The molecule has 4 rings (SSSR count). The van der Waals surface area contributed by atoms with E-state index in [1.807, 2.05) is 47.4 Å². The number of hydrogen-bond donors (Lipinski definition) is 1. The van der Waals surface area contributed by atoms with E-state index in [2.05, 4.69) is 41.3 Å². The summed E-state index contributed by atoms with van der Waals surface area (Å²) in [6.07, 6.45) is 5.94. The molecule has 44 heavy (non-hydrogen) atoms. The van der Waals surface area contributed by atoms with Gasteiger partial charge in [-0.05, 0) is 56.0 Å². The lowest BCUT2D eigenvalue weighted by molar-refractivity contribution is -0.139. The van der Waals surface area contributed by atoms with Gasteiger partial charge in [0.2, 0.25) is 5.91 Å². The Hall–Kier alpha value is -3.98. The number of amides is 1. The highest BCUT2D eigenvalue weighted by molar-refractivity contribution is 6.06. The van der Waals surface area contributed by atoms with Crippen LogP contribution in [0.25, 0.3) is 21.9 Å². The van der Waals surface area contributed by atoms with E-state index in [1.165, 1.54) is 7.11 Å². The van der Waals surface area contributed by atoms with Gasteiger partial charge in [0.25, 0.3) is 0 Å². The fraction of sp³-hybridized carbons (Fsp3) is 0.486. The third-order valence-corrected chi connectivity index (χ3v) is 7.99. The zero-order chi connectivity index (χ0) is 31.5. The second-order valence-electron chi connectivity index (χ2n) is 11.5. The highest BCUT2D eigenvalue weighted by Gasteiger charge is 2.20. The topological polar surface area (TPSA) is 107 Å². The number of esters is 1. The Morgan fingerprint density at radius 2 is 1.66 bits per heavy atom. The third-order valence-electron chi connectivity index (χ3n) is 7.99. The van der Waals surface area contributed by atoms with Crippen LogP contribution in [0.15, 0.2) is 48.5 Å². The summed E-state index contributed by atoms with van der Waals surface area (Å²) in [5.41, 5.74) is 10.9. The number of aryl methyl sites for hydroxylation is 2. The minimum atomic E-state index is -0.278. The van der Waals surface area contributed by atoms with Crippen molar-refractivity contribution in [2.75, 3.05) is 39.0 Å². The number of pyridine rings is 1. The summed E-state index contributed by atoms with van der Waals surface area (Å²) >= 11 is 0. The van der Waals surface area contributed by atoms with Crippen molar-refractivity contribution in [2.45, 2.75) is 78.8 Å². The van der Waals surface area contributed by atoms with Crippen LogP contribution >= 0.6 is 0 Å². The van der Waals surface area contributed by atoms with Crippen molar-refractivity contribution in [1.29, 1.82) is 0 Å². The number of carbonyl (C=O) groups is 2. The number of para-hydroxylation sites is 1. The van der Waals surface area contributed by atoms with Crippen molar-refractivity contribution in [3.8, 4) is 0 Å². The summed E-state index contributed by atoms with van der Waals surface area (Å²) < 4.78 is 7.16. The van der Waals surface area contributed by atoms with Crippen LogP contribution in [0.4, 0.5) is 5.82 Å². The number of nitrogen functional groups attached to an aromatic ring is 1. The number of fused-ring (bicyclic) bond motifs is 3. The van der Waals surface area contributed by atoms with Gasteiger partial charge in [-0.1, -0.05) is 69.7 Å². The summed E-state index contributed by atoms with van der Waals surface area (Å²) in [4.78, 5) is 39.5. The second-order valence-corrected chi connectivity index (χ2v) is 11.5. The fourth-order valence-electron chi connectivity index (χ4n) is 5.87. The Morgan fingerprint density at radius 3 is 2.39 bits per heavy atom. The van der Waals surface area contributed by atoms with Gasteiger partial charge in [0.1, 0.15) is 11.3 Å². The summed E-state index contributed by atoms with van der Waals surface area (Å²) in [7, 11) is 1.40. The first kappa shape index (κ1) is 32.9. The quantitative estimate of drug-likeness (QED) is 0.154. The van der Waals surface area contributed by atoms with E-state index in [0.717, 1.165) is 90.5 Å². The highest BCUT2D eigenvalue weighted by Crippen LogP contribution is 2.29. The summed E-state index contributed by atoms with van der Waals surface area (Å²) in [6, 6.07) is 16.0. The van der Waals surface area contributed by atoms with Crippen LogP contribution in [0.5, 0.6) is 0 Å². The van der Waals surface area contributed by atoms with E-state index in [0.29, 0.717) is 32.0 Å². The summed E-state index contributed by atoms with van der Waals surface area (Å²) in [5, 5.41) is 1.04. The molecule has 0 spiro atoms. The fourth-order valence-corrected chi connectivity index (χ4v) is 5.87. The molecule has 4 aromatic rings. The summed E-state index contributed by atoms with van der Waals surface area (Å²) in [5.74, 6) is 1.30. The molecule has 2 aromatic carbocycles. The van der Waals surface area contributed by atoms with Gasteiger partial charge in [-0.15, -0.1) is 0 Å². The van der Waals surface area contributed by atoms with Crippen LogP contribution in [-0.2, 0) is 40.3 Å². The second kappa shape index (κ2) is 16.2. The number of nitrogens with two attached hydrogens (primary N) is 1. The van der Waals surface area contributed by atoms with E-state index in [1.54, 1.807) is 0 Å². The van der Waals surface area contributed by atoms with Crippen molar-refractivity contribution in [2.24, 2.45) is 0 Å². The van der Waals surface area contributed by atoms with Crippen LogP contribution in [0, 0.1) is 0 Å². The molecule has 0 bridgehead atoms. The summed E-state index contributed by atoms with van der Waals surface area (Å²) in [6.45, 7) is 10.4. The van der Waals surface area contributed by atoms with Crippen molar-refractivity contribution >= 4 is 39.6 Å². The zero-order valence-electron chi connectivity index (χ0n) is 26.8.